The van der Waals surface area contributed by atoms with Crippen molar-refractivity contribution in [3.05, 3.63) is 123 Å². The van der Waals surface area contributed by atoms with Crippen molar-refractivity contribution in [1.82, 2.24) is 14.1 Å². The molecule has 208 valence electrons. The predicted octanol–water partition coefficient (Wildman–Crippen LogP) is 4.40. The summed E-state index contributed by atoms with van der Waals surface area (Å²) in [6.07, 6.45) is 3.20. The van der Waals surface area contributed by atoms with Gasteiger partial charge in [-0.3, -0.25) is 4.79 Å². The third kappa shape index (κ3) is 5.53. The first kappa shape index (κ1) is 28.6. The van der Waals surface area contributed by atoms with E-state index >= 15 is 0 Å². The van der Waals surface area contributed by atoms with Crippen LogP contribution in [-0.2, 0) is 29.0 Å². The van der Waals surface area contributed by atoms with Gasteiger partial charge in [0, 0.05) is 30.6 Å². The molecule has 5 rings (SSSR count). The summed E-state index contributed by atoms with van der Waals surface area (Å²) in [6.45, 7) is -0.701. The highest BCUT2D eigenvalue weighted by atomic mass is 35.5. The number of hydrogen-bond acceptors (Lipinski definition) is 8. The summed E-state index contributed by atoms with van der Waals surface area (Å²) in [5.74, 6) is 0. The molecule has 0 aliphatic heterocycles. The Morgan fingerprint density at radius 1 is 1.02 bits per heavy atom. The lowest BCUT2D eigenvalue weighted by Gasteiger charge is -2.35. The number of fused-ring (bicyclic) bond motifs is 1. The minimum Gasteiger partial charge on any atom is -0.335 e. The fourth-order valence-electron chi connectivity index (χ4n) is 4.94. The Balaban J connectivity index is 1.84. The van der Waals surface area contributed by atoms with E-state index in [4.69, 9.17) is 20.9 Å². The number of halogens is 1. The van der Waals surface area contributed by atoms with Gasteiger partial charge in [-0.05, 0) is 58.7 Å². The zero-order chi connectivity index (χ0) is 29.4. The van der Waals surface area contributed by atoms with Crippen LogP contribution in [0.4, 0.5) is 0 Å². The van der Waals surface area contributed by atoms with Crippen molar-refractivity contribution >= 4 is 30.7 Å². The Morgan fingerprint density at radius 2 is 1.76 bits per heavy atom. The molecule has 0 unspecified atom stereocenters. The molecule has 2 aromatic heterocycles. The Labute approximate surface area is 240 Å². The lowest BCUT2D eigenvalue weighted by atomic mass is 9.82. The highest BCUT2D eigenvalue weighted by Crippen LogP contribution is 2.48. The van der Waals surface area contributed by atoms with Crippen molar-refractivity contribution in [2.24, 2.45) is 14.1 Å². The molecular weight excluding hydrogens is 567 g/mol. The van der Waals surface area contributed by atoms with E-state index < -0.39 is 20.6 Å². The molecular formula is C29H25ClN4O6P+. The number of nitrogens with zero attached hydrogens (tertiary/aromatic N) is 4. The van der Waals surface area contributed by atoms with Crippen LogP contribution in [0.15, 0.2) is 90.1 Å². The molecule has 0 aliphatic carbocycles. The number of aromatic nitrogens is 3. The first-order chi connectivity index (χ1) is 19.5. The molecule has 3 aromatic carbocycles. The molecule has 1 atom stereocenters. The molecule has 5 aromatic rings. The number of rotatable bonds is 8. The summed E-state index contributed by atoms with van der Waals surface area (Å²) >= 11 is 6.22. The lowest BCUT2D eigenvalue weighted by molar-refractivity contribution is -0.0826. The Kier molecular flexibility index (Phi) is 7.79. The number of nitriles is 1. The molecule has 0 aliphatic rings. The number of aryl methyl sites for hydroxylation is 2. The van der Waals surface area contributed by atoms with Crippen molar-refractivity contribution in [3.8, 4) is 17.2 Å². The van der Waals surface area contributed by atoms with Crippen molar-refractivity contribution in [2.75, 3.05) is 6.79 Å². The number of imidazole rings is 1. The highest BCUT2D eigenvalue weighted by molar-refractivity contribution is 7.53. The molecule has 2 heterocycles. The van der Waals surface area contributed by atoms with E-state index in [2.05, 4.69) is 11.1 Å². The molecule has 0 spiro atoms. The van der Waals surface area contributed by atoms with Crippen LogP contribution in [0.5, 0.6) is 0 Å². The summed E-state index contributed by atoms with van der Waals surface area (Å²) in [6, 6.07) is 23.0. The van der Waals surface area contributed by atoms with E-state index in [0.717, 1.165) is 0 Å². The number of pyridine rings is 1. The largest absolute Gasteiger partial charge is 0.569 e. The van der Waals surface area contributed by atoms with Gasteiger partial charge in [-0.2, -0.15) is 19.9 Å². The highest BCUT2D eigenvalue weighted by Gasteiger charge is 2.43. The Hall–Kier alpha value is -3.91. The molecule has 0 saturated carbocycles. The fourth-order valence-corrected chi connectivity index (χ4v) is 5.26. The molecule has 10 nitrogen and oxygen atoms in total. The number of ether oxygens (including phenoxy) is 1. The number of benzene rings is 3. The topological polar surface area (TPSA) is 143 Å². The average molecular weight is 592 g/mol. The maximum atomic E-state index is 12.9. The molecule has 12 heteroatoms. The van der Waals surface area contributed by atoms with Gasteiger partial charge in [0.15, 0.2) is 5.60 Å². The Morgan fingerprint density at radius 3 is 2.41 bits per heavy atom. The van der Waals surface area contributed by atoms with Crippen LogP contribution in [0.2, 0.25) is 5.02 Å². The van der Waals surface area contributed by atoms with Gasteiger partial charge in [-0.25, -0.2) is 4.98 Å². The molecule has 0 bridgehead atoms. The van der Waals surface area contributed by atoms with Gasteiger partial charge in [-0.15, -0.1) is 4.52 Å². The first-order valence-electron chi connectivity index (χ1n) is 12.3. The van der Waals surface area contributed by atoms with Crippen LogP contribution in [0.1, 0.15) is 22.4 Å². The predicted molar refractivity (Wildman–Crippen MR) is 154 cm³/mol. The van der Waals surface area contributed by atoms with Gasteiger partial charge in [0.1, 0.15) is 0 Å². The van der Waals surface area contributed by atoms with Crippen LogP contribution in [0.3, 0.4) is 0 Å². The summed E-state index contributed by atoms with van der Waals surface area (Å²) in [4.78, 5) is 45.8. The maximum Gasteiger partial charge on any atom is 0.569 e. The van der Waals surface area contributed by atoms with E-state index in [1.807, 2.05) is 12.1 Å². The minimum absolute atomic E-state index is 0.225. The zero-order valence-corrected chi connectivity index (χ0v) is 23.6. The van der Waals surface area contributed by atoms with Crippen molar-refractivity contribution in [3.63, 3.8) is 0 Å². The van der Waals surface area contributed by atoms with Crippen molar-refractivity contribution in [1.29, 1.82) is 5.26 Å². The Bertz CT molecular complexity index is 1840. The molecule has 41 heavy (non-hydrogen) atoms. The zero-order valence-electron chi connectivity index (χ0n) is 22.0. The molecule has 0 amide bonds. The smallest absolute Gasteiger partial charge is 0.335 e. The monoisotopic (exact) mass is 591 g/mol. The van der Waals surface area contributed by atoms with Crippen molar-refractivity contribution < 1.29 is 23.9 Å². The second-order valence-corrected chi connectivity index (χ2v) is 11.1. The van der Waals surface area contributed by atoms with E-state index in [0.29, 0.717) is 49.4 Å². The average Bonchev–Trinajstić information content (AvgIpc) is 3.39. The lowest BCUT2D eigenvalue weighted by Crippen LogP contribution is -2.35. The summed E-state index contributed by atoms with van der Waals surface area (Å²) in [5, 5.41) is 10.7. The second-order valence-electron chi connectivity index (χ2n) is 9.36. The first-order valence-corrected chi connectivity index (χ1v) is 14.2. The summed E-state index contributed by atoms with van der Waals surface area (Å²) in [5.41, 5.74) is 2.42. The SMILES string of the molecule is Cn1cncc1[C@@](OCO[P+](O)(O)O)(c1ccc(Cl)cc1)c1ccc2c(c1)c(-c1cccc(C#N)c1)cc(=O)n2C. The van der Waals surface area contributed by atoms with Gasteiger partial charge in [0.05, 0.1) is 35.4 Å². The fraction of sp³-hybridized carbons (Fsp3) is 0.138. The van der Waals surface area contributed by atoms with Crippen LogP contribution in [0, 0.1) is 11.3 Å². The van der Waals surface area contributed by atoms with Gasteiger partial charge in [0.25, 0.3) is 5.56 Å². The third-order valence-corrected chi connectivity index (χ3v) is 7.59. The van der Waals surface area contributed by atoms with Gasteiger partial charge in [-0.1, -0.05) is 41.9 Å². The van der Waals surface area contributed by atoms with Crippen LogP contribution < -0.4 is 5.56 Å². The van der Waals surface area contributed by atoms with Crippen molar-refractivity contribution in [2.45, 2.75) is 5.60 Å². The second kappa shape index (κ2) is 11.2. The number of hydrogen-bond donors (Lipinski definition) is 3. The molecule has 0 radical (unpaired) electrons. The van der Waals surface area contributed by atoms with E-state index in [1.165, 1.54) is 10.6 Å². The van der Waals surface area contributed by atoms with E-state index in [1.54, 1.807) is 85.8 Å². The molecule has 3 N–H and O–H groups in total. The normalized spacial score (nSPS) is 13.2. The summed E-state index contributed by atoms with van der Waals surface area (Å²) < 4.78 is 14.5. The van der Waals surface area contributed by atoms with Crippen LogP contribution in [0.25, 0.3) is 22.0 Å². The quantitative estimate of drug-likeness (QED) is 0.178. The standard InChI is InChI=1S/C29H25ClN4O6P/c1-33-17-32-16-27(33)29(39-18-40-41(36,37)38,21-6-9-23(30)10-7-21)22-8-11-26-25(13-22)24(14-28(35)34(26)2)20-5-3-4-19(12-20)15-31/h3-14,16-17,36-38H,18H2,1-2H3/q+1/t29-/m1/s1. The van der Waals surface area contributed by atoms with E-state index in [9.17, 15) is 24.7 Å². The van der Waals surface area contributed by atoms with Gasteiger partial charge < -0.3 is 13.9 Å². The maximum absolute atomic E-state index is 12.9. The van der Waals surface area contributed by atoms with E-state index in [-0.39, 0.29) is 5.56 Å². The van der Waals surface area contributed by atoms with Gasteiger partial charge in [0.2, 0.25) is 6.79 Å². The summed E-state index contributed by atoms with van der Waals surface area (Å²) in [7, 11) is -1.17. The van der Waals surface area contributed by atoms with Crippen LogP contribution in [-0.4, -0.2) is 35.6 Å². The molecule has 0 fully saturated rings. The minimum atomic E-state index is -4.62. The van der Waals surface area contributed by atoms with Crippen LogP contribution >= 0.6 is 19.8 Å². The van der Waals surface area contributed by atoms with Gasteiger partial charge >= 0.3 is 8.17 Å². The molecule has 0 saturated heterocycles. The third-order valence-electron chi connectivity index (χ3n) is 6.89.